The van der Waals surface area contributed by atoms with E-state index in [1.54, 1.807) is 5.56 Å². The molecule has 2 aromatic carbocycles. The Morgan fingerprint density at radius 1 is 1.00 bits per heavy atom. The van der Waals surface area contributed by atoms with E-state index in [1.807, 2.05) is 0 Å². The molecule has 0 spiro atoms. The Bertz CT molecular complexity index is 816. The molecule has 0 N–H and O–H groups in total. The predicted octanol–water partition coefficient (Wildman–Crippen LogP) is 3.88. The summed E-state index contributed by atoms with van der Waals surface area (Å²) in [6.45, 7) is 3.46. The van der Waals surface area contributed by atoms with Gasteiger partial charge in [-0.3, -0.25) is 0 Å². The number of hydrogen-bond donors (Lipinski definition) is 0. The molecule has 112 valence electrons. The van der Waals surface area contributed by atoms with E-state index in [1.165, 1.54) is 35.1 Å². The molecule has 0 aliphatic carbocycles. The van der Waals surface area contributed by atoms with Crippen LogP contribution in [-0.2, 0) is 26.6 Å². The van der Waals surface area contributed by atoms with Crippen molar-refractivity contribution >= 4 is 10.9 Å². The average Bonchev–Trinajstić information content (AvgIpc) is 2.81. The van der Waals surface area contributed by atoms with Crippen LogP contribution in [0.5, 0.6) is 0 Å². The summed E-state index contributed by atoms with van der Waals surface area (Å²) in [7, 11) is 4.62. The third-order valence-corrected chi connectivity index (χ3v) is 5.18. The number of nitrogens with zero attached hydrogens (tertiary/aromatic N) is 2. The van der Waals surface area contributed by atoms with E-state index in [0.717, 1.165) is 17.6 Å². The van der Waals surface area contributed by atoms with Crippen LogP contribution in [0.4, 0.5) is 0 Å². The maximum atomic E-state index is 2.40. The van der Waals surface area contributed by atoms with Crippen molar-refractivity contribution in [1.82, 2.24) is 4.57 Å². The van der Waals surface area contributed by atoms with Crippen LogP contribution in [0.3, 0.4) is 0 Å². The molecule has 1 aliphatic heterocycles. The second-order valence-corrected chi connectivity index (χ2v) is 6.90. The van der Waals surface area contributed by atoms with Crippen LogP contribution in [0.25, 0.3) is 10.9 Å². The van der Waals surface area contributed by atoms with Crippen molar-refractivity contribution in [1.29, 1.82) is 0 Å². The van der Waals surface area contributed by atoms with Gasteiger partial charge in [-0.1, -0.05) is 48.5 Å². The highest BCUT2D eigenvalue weighted by Gasteiger charge is 2.32. The van der Waals surface area contributed by atoms with E-state index in [-0.39, 0.29) is 0 Å². The first-order valence-corrected chi connectivity index (χ1v) is 8.09. The molecule has 1 atom stereocenters. The van der Waals surface area contributed by atoms with Crippen molar-refractivity contribution in [3.05, 3.63) is 71.4 Å². The summed E-state index contributed by atoms with van der Waals surface area (Å²) in [5.74, 6) is 0. The molecular formula is C20H23N2+. The highest BCUT2D eigenvalue weighted by molar-refractivity contribution is 5.85. The Labute approximate surface area is 132 Å². The minimum Gasteiger partial charge on any atom is -0.347 e. The summed E-state index contributed by atoms with van der Waals surface area (Å²) < 4.78 is 3.50. The van der Waals surface area contributed by atoms with Crippen molar-refractivity contribution in [3.8, 4) is 0 Å². The summed E-state index contributed by atoms with van der Waals surface area (Å²) in [4.78, 5) is 0. The van der Waals surface area contributed by atoms with Gasteiger partial charge >= 0.3 is 0 Å². The third-order valence-electron chi connectivity index (χ3n) is 5.18. The number of hydrogen-bond acceptors (Lipinski definition) is 0. The quantitative estimate of drug-likeness (QED) is 0.631. The molecule has 4 rings (SSSR count). The Morgan fingerprint density at radius 3 is 2.55 bits per heavy atom. The van der Waals surface area contributed by atoms with Crippen LogP contribution < -0.4 is 0 Å². The first kappa shape index (κ1) is 13.6. The second kappa shape index (κ2) is 4.99. The summed E-state index contributed by atoms with van der Waals surface area (Å²) in [5.41, 5.74) is 5.90. The van der Waals surface area contributed by atoms with Gasteiger partial charge in [0.05, 0.1) is 13.6 Å². The zero-order valence-corrected chi connectivity index (χ0v) is 13.4. The van der Waals surface area contributed by atoms with Gasteiger partial charge in [-0.15, -0.1) is 0 Å². The average molecular weight is 291 g/mol. The molecule has 1 aliphatic rings. The fraction of sp³-hybridized carbons (Fsp3) is 0.300. The van der Waals surface area contributed by atoms with Crippen LogP contribution in [0.15, 0.2) is 54.6 Å². The zero-order valence-electron chi connectivity index (χ0n) is 13.4. The molecule has 0 fully saturated rings. The van der Waals surface area contributed by atoms with Crippen LogP contribution in [0, 0.1) is 0 Å². The van der Waals surface area contributed by atoms with Gasteiger partial charge in [0.25, 0.3) is 0 Å². The summed E-state index contributed by atoms with van der Waals surface area (Å²) in [6.07, 6.45) is 1.17. The number of rotatable bonds is 2. The van der Waals surface area contributed by atoms with E-state index in [0.29, 0.717) is 0 Å². The molecular weight excluding hydrogens is 268 g/mol. The number of fused-ring (bicyclic) bond motifs is 3. The highest BCUT2D eigenvalue weighted by Crippen LogP contribution is 2.33. The normalized spacial score (nSPS) is 21.0. The molecule has 1 unspecified atom stereocenters. The Morgan fingerprint density at radius 2 is 1.73 bits per heavy atom. The van der Waals surface area contributed by atoms with E-state index >= 15 is 0 Å². The standard InChI is InChI=1S/C20H23N2/c1-21-19-11-7-6-10-17(19)18-15-22(2,13-12-20(18)21)14-16-8-4-3-5-9-16/h3-11H,12-15H2,1-2H3/q+1. The van der Waals surface area contributed by atoms with Gasteiger partial charge in [-0.25, -0.2) is 0 Å². The number of para-hydroxylation sites is 1. The minimum absolute atomic E-state index is 1.10. The number of aromatic nitrogens is 1. The van der Waals surface area contributed by atoms with E-state index < -0.39 is 0 Å². The maximum absolute atomic E-state index is 2.40. The molecule has 0 saturated heterocycles. The monoisotopic (exact) mass is 291 g/mol. The molecule has 0 saturated carbocycles. The second-order valence-electron chi connectivity index (χ2n) is 6.90. The van der Waals surface area contributed by atoms with Crippen molar-refractivity contribution < 1.29 is 4.48 Å². The Balaban J connectivity index is 1.73. The SMILES string of the molecule is Cn1c2c(c3ccccc31)C[N+](C)(Cc1ccccc1)CC2. The van der Waals surface area contributed by atoms with Crippen LogP contribution in [0.1, 0.15) is 16.8 Å². The lowest BCUT2D eigenvalue weighted by molar-refractivity contribution is -0.937. The van der Waals surface area contributed by atoms with Crippen LogP contribution in [-0.4, -0.2) is 22.6 Å². The zero-order chi connectivity index (χ0) is 15.2. The van der Waals surface area contributed by atoms with Crippen molar-refractivity contribution in [2.24, 2.45) is 7.05 Å². The van der Waals surface area contributed by atoms with Crippen molar-refractivity contribution in [2.45, 2.75) is 19.5 Å². The molecule has 0 amide bonds. The highest BCUT2D eigenvalue weighted by atomic mass is 15.3. The Kier molecular flexibility index (Phi) is 3.08. The fourth-order valence-electron chi connectivity index (χ4n) is 4.02. The maximum Gasteiger partial charge on any atom is 0.107 e. The van der Waals surface area contributed by atoms with Gasteiger partial charge < -0.3 is 9.05 Å². The molecule has 2 heterocycles. The van der Waals surface area contributed by atoms with Crippen molar-refractivity contribution in [3.63, 3.8) is 0 Å². The third kappa shape index (κ3) is 2.15. The number of benzene rings is 2. The molecule has 1 aromatic heterocycles. The van der Waals surface area contributed by atoms with Crippen molar-refractivity contribution in [2.75, 3.05) is 13.6 Å². The first-order chi connectivity index (χ1) is 10.7. The van der Waals surface area contributed by atoms with Crippen LogP contribution >= 0.6 is 0 Å². The van der Waals surface area contributed by atoms with Gasteiger partial charge in [-0.2, -0.15) is 0 Å². The lowest BCUT2D eigenvalue weighted by atomic mass is 10.0. The largest absolute Gasteiger partial charge is 0.347 e. The molecule has 3 aromatic rings. The lowest BCUT2D eigenvalue weighted by Crippen LogP contribution is -2.46. The topological polar surface area (TPSA) is 4.93 Å². The summed E-state index contributed by atoms with van der Waals surface area (Å²) >= 11 is 0. The van der Waals surface area contributed by atoms with E-state index in [9.17, 15) is 0 Å². The van der Waals surface area contributed by atoms with Gasteiger partial charge in [0.1, 0.15) is 13.1 Å². The number of aryl methyl sites for hydroxylation is 1. The molecule has 2 nitrogen and oxygen atoms in total. The predicted molar refractivity (Wildman–Crippen MR) is 91.5 cm³/mol. The van der Waals surface area contributed by atoms with Gasteiger partial charge in [-0.05, 0) is 6.07 Å². The van der Waals surface area contributed by atoms with Gasteiger partial charge in [0.15, 0.2) is 0 Å². The van der Waals surface area contributed by atoms with E-state index in [4.69, 9.17) is 0 Å². The Hall–Kier alpha value is -2.06. The number of likely N-dealkylation sites (N-methyl/N-ethyl adjacent to an activating group) is 1. The first-order valence-electron chi connectivity index (χ1n) is 8.09. The molecule has 22 heavy (non-hydrogen) atoms. The molecule has 2 heteroatoms. The summed E-state index contributed by atoms with van der Waals surface area (Å²) in [6, 6.07) is 19.7. The van der Waals surface area contributed by atoms with Gasteiger partial charge in [0.2, 0.25) is 0 Å². The summed E-state index contributed by atoms with van der Waals surface area (Å²) in [5, 5.41) is 1.44. The molecule has 0 radical (unpaired) electrons. The van der Waals surface area contributed by atoms with Crippen LogP contribution in [0.2, 0.25) is 0 Å². The fourth-order valence-corrected chi connectivity index (χ4v) is 4.02. The smallest absolute Gasteiger partial charge is 0.107 e. The lowest BCUT2D eigenvalue weighted by Gasteiger charge is -2.38. The molecule has 0 bridgehead atoms. The number of quaternary nitrogens is 1. The van der Waals surface area contributed by atoms with Gasteiger partial charge in [0, 0.05) is 41.2 Å². The van der Waals surface area contributed by atoms with E-state index in [2.05, 4.69) is 73.3 Å². The minimum atomic E-state index is 1.10.